The highest BCUT2D eigenvalue weighted by Crippen LogP contribution is 2.29. The molecule has 1 heterocycles. The Morgan fingerprint density at radius 3 is 2.94 bits per heavy atom. The van der Waals surface area contributed by atoms with E-state index in [1.165, 1.54) is 0 Å². The lowest BCUT2D eigenvalue weighted by atomic mass is 10.0. The first-order valence-corrected chi connectivity index (χ1v) is 6.89. The second-order valence-corrected chi connectivity index (χ2v) is 4.98. The number of hydrogen-bond acceptors (Lipinski definition) is 4. The number of benzene rings is 1. The Labute approximate surface area is 116 Å². The predicted molar refractivity (Wildman–Crippen MR) is 72.8 cm³/mol. The Hall–Kier alpha value is -0.620. The van der Waals surface area contributed by atoms with Gasteiger partial charge >= 0.3 is 0 Å². The summed E-state index contributed by atoms with van der Waals surface area (Å²) in [6, 6.07) is 5.63. The zero-order valence-corrected chi connectivity index (χ0v) is 12.0. The number of rotatable bonds is 4. The van der Waals surface area contributed by atoms with Crippen LogP contribution in [-0.2, 0) is 9.47 Å². The van der Waals surface area contributed by atoms with Gasteiger partial charge in [0, 0.05) is 4.47 Å². The van der Waals surface area contributed by atoms with Crippen molar-refractivity contribution in [2.24, 2.45) is 5.73 Å². The predicted octanol–water partition coefficient (Wildman–Crippen LogP) is 2.26. The zero-order chi connectivity index (χ0) is 13.0. The van der Waals surface area contributed by atoms with Gasteiger partial charge in [0.15, 0.2) is 0 Å². The van der Waals surface area contributed by atoms with Gasteiger partial charge in [-0.3, -0.25) is 0 Å². The van der Waals surface area contributed by atoms with E-state index in [9.17, 15) is 0 Å². The summed E-state index contributed by atoms with van der Waals surface area (Å²) in [5, 5.41) is 0. The Morgan fingerprint density at radius 1 is 1.50 bits per heavy atom. The molecule has 1 aromatic rings. The third-order valence-electron chi connectivity index (χ3n) is 2.88. The van der Waals surface area contributed by atoms with Gasteiger partial charge in [-0.1, -0.05) is 22.0 Å². The van der Waals surface area contributed by atoms with Gasteiger partial charge in [0.25, 0.3) is 0 Å². The summed E-state index contributed by atoms with van der Waals surface area (Å²) < 4.78 is 17.4. The van der Waals surface area contributed by atoms with Crippen molar-refractivity contribution in [2.75, 3.05) is 26.4 Å². The van der Waals surface area contributed by atoms with Gasteiger partial charge in [0.05, 0.1) is 32.5 Å². The van der Waals surface area contributed by atoms with Gasteiger partial charge in [0.1, 0.15) is 11.9 Å². The normalized spacial score (nSPS) is 21.6. The maximum Gasteiger partial charge on any atom is 0.120 e. The maximum absolute atomic E-state index is 6.22. The summed E-state index contributed by atoms with van der Waals surface area (Å²) in [6.45, 7) is 4.40. The lowest BCUT2D eigenvalue weighted by Crippen LogP contribution is -2.37. The van der Waals surface area contributed by atoms with E-state index in [0.717, 1.165) is 15.8 Å². The van der Waals surface area contributed by atoms with Gasteiger partial charge in [0.2, 0.25) is 0 Å². The minimum Gasteiger partial charge on any atom is -0.494 e. The molecule has 4 nitrogen and oxygen atoms in total. The van der Waals surface area contributed by atoms with Crippen molar-refractivity contribution in [3.8, 4) is 5.75 Å². The molecule has 0 amide bonds. The fourth-order valence-electron chi connectivity index (χ4n) is 1.95. The van der Waals surface area contributed by atoms with E-state index in [4.69, 9.17) is 19.9 Å². The van der Waals surface area contributed by atoms with Gasteiger partial charge in [-0.2, -0.15) is 0 Å². The second kappa shape index (κ2) is 6.52. The van der Waals surface area contributed by atoms with Crippen molar-refractivity contribution in [1.29, 1.82) is 0 Å². The van der Waals surface area contributed by atoms with Crippen molar-refractivity contribution < 1.29 is 14.2 Å². The molecule has 18 heavy (non-hydrogen) atoms. The molecule has 1 aliphatic rings. The molecule has 0 saturated carbocycles. The van der Waals surface area contributed by atoms with Crippen LogP contribution in [0.15, 0.2) is 22.7 Å². The molecule has 0 bridgehead atoms. The second-order valence-electron chi connectivity index (χ2n) is 4.13. The lowest BCUT2D eigenvalue weighted by Gasteiger charge is -2.28. The highest BCUT2D eigenvalue weighted by atomic mass is 79.9. The van der Waals surface area contributed by atoms with E-state index in [-0.39, 0.29) is 12.1 Å². The first-order valence-electron chi connectivity index (χ1n) is 6.09. The smallest absolute Gasteiger partial charge is 0.120 e. The maximum atomic E-state index is 6.22. The molecule has 0 spiro atoms. The molecule has 2 unspecified atom stereocenters. The highest BCUT2D eigenvalue weighted by molar-refractivity contribution is 9.10. The van der Waals surface area contributed by atoms with Crippen LogP contribution in [0.1, 0.15) is 18.5 Å². The molecule has 1 fully saturated rings. The standard InChI is InChI=1S/C13H18BrNO3/c1-2-17-9-3-4-10(11(14)7-9)13(15)12-8-16-5-6-18-12/h3-4,7,12-13H,2,5-6,8,15H2,1H3. The Balaban J connectivity index is 2.11. The molecular formula is C13H18BrNO3. The van der Waals surface area contributed by atoms with Crippen molar-refractivity contribution in [2.45, 2.75) is 19.1 Å². The van der Waals surface area contributed by atoms with Gasteiger partial charge in [-0.15, -0.1) is 0 Å². The number of halogens is 1. The van der Waals surface area contributed by atoms with E-state index >= 15 is 0 Å². The van der Waals surface area contributed by atoms with Crippen LogP contribution < -0.4 is 10.5 Å². The SMILES string of the molecule is CCOc1ccc(C(N)C2COCCO2)c(Br)c1. The van der Waals surface area contributed by atoms with Crippen molar-refractivity contribution in [3.05, 3.63) is 28.2 Å². The van der Waals surface area contributed by atoms with Crippen molar-refractivity contribution in [3.63, 3.8) is 0 Å². The van der Waals surface area contributed by atoms with E-state index in [1.807, 2.05) is 25.1 Å². The fraction of sp³-hybridized carbons (Fsp3) is 0.538. The van der Waals surface area contributed by atoms with Crippen LogP contribution in [-0.4, -0.2) is 32.5 Å². The van der Waals surface area contributed by atoms with Crippen molar-refractivity contribution >= 4 is 15.9 Å². The minimum atomic E-state index is -0.199. The highest BCUT2D eigenvalue weighted by Gasteiger charge is 2.24. The Kier molecular flexibility index (Phi) is 5.00. The molecular weight excluding hydrogens is 298 g/mol. The van der Waals surface area contributed by atoms with Crippen LogP contribution in [0, 0.1) is 0 Å². The summed E-state index contributed by atoms with van der Waals surface area (Å²) >= 11 is 3.53. The summed E-state index contributed by atoms with van der Waals surface area (Å²) in [7, 11) is 0. The van der Waals surface area contributed by atoms with Crippen LogP contribution in [0.2, 0.25) is 0 Å². The zero-order valence-electron chi connectivity index (χ0n) is 10.4. The number of ether oxygens (including phenoxy) is 3. The third-order valence-corrected chi connectivity index (χ3v) is 3.57. The Morgan fingerprint density at radius 2 is 2.33 bits per heavy atom. The summed E-state index contributed by atoms with van der Waals surface area (Å²) in [6.07, 6.45) is -0.0898. The van der Waals surface area contributed by atoms with Crippen molar-refractivity contribution in [1.82, 2.24) is 0 Å². The van der Waals surface area contributed by atoms with Gasteiger partial charge in [-0.05, 0) is 24.6 Å². The van der Waals surface area contributed by atoms with Gasteiger partial charge in [-0.25, -0.2) is 0 Å². The average Bonchev–Trinajstić information content (AvgIpc) is 2.40. The largest absolute Gasteiger partial charge is 0.494 e. The summed E-state index contributed by atoms with van der Waals surface area (Å²) in [5.41, 5.74) is 7.23. The van der Waals surface area contributed by atoms with Crippen LogP contribution in [0.3, 0.4) is 0 Å². The first kappa shape index (κ1) is 13.8. The van der Waals surface area contributed by atoms with Crippen LogP contribution in [0.4, 0.5) is 0 Å². The van der Waals surface area contributed by atoms with E-state index in [2.05, 4.69) is 15.9 Å². The molecule has 1 aliphatic heterocycles. The molecule has 5 heteroatoms. The number of nitrogens with two attached hydrogens (primary N) is 1. The van der Waals surface area contributed by atoms with E-state index < -0.39 is 0 Å². The third kappa shape index (κ3) is 3.23. The molecule has 0 aliphatic carbocycles. The first-order chi connectivity index (χ1) is 8.72. The Bertz CT molecular complexity index is 394. The van der Waals surface area contributed by atoms with Crippen LogP contribution in [0.5, 0.6) is 5.75 Å². The molecule has 2 N–H and O–H groups in total. The molecule has 1 saturated heterocycles. The monoisotopic (exact) mass is 315 g/mol. The molecule has 0 aromatic heterocycles. The topological polar surface area (TPSA) is 53.7 Å². The fourth-order valence-corrected chi connectivity index (χ4v) is 2.57. The summed E-state index contributed by atoms with van der Waals surface area (Å²) in [5.74, 6) is 0.834. The van der Waals surface area contributed by atoms with E-state index in [0.29, 0.717) is 26.4 Å². The van der Waals surface area contributed by atoms with Crippen LogP contribution >= 0.6 is 15.9 Å². The average molecular weight is 316 g/mol. The van der Waals surface area contributed by atoms with Crippen LogP contribution in [0.25, 0.3) is 0 Å². The molecule has 1 aromatic carbocycles. The van der Waals surface area contributed by atoms with E-state index in [1.54, 1.807) is 0 Å². The molecule has 2 atom stereocenters. The lowest BCUT2D eigenvalue weighted by molar-refractivity contribution is -0.0976. The number of hydrogen-bond donors (Lipinski definition) is 1. The molecule has 2 rings (SSSR count). The molecule has 100 valence electrons. The minimum absolute atomic E-state index is 0.0898. The van der Waals surface area contributed by atoms with Gasteiger partial charge < -0.3 is 19.9 Å². The molecule has 0 radical (unpaired) electrons. The quantitative estimate of drug-likeness (QED) is 0.926. The summed E-state index contributed by atoms with van der Waals surface area (Å²) in [4.78, 5) is 0.